The van der Waals surface area contributed by atoms with Gasteiger partial charge in [-0.2, -0.15) is 0 Å². The molecule has 0 atom stereocenters. The van der Waals surface area contributed by atoms with Crippen LogP contribution >= 0.6 is 15.9 Å². The van der Waals surface area contributed by atoms with Gasteiger partial charge in [0.15, 0.2) is 0 Å². The molecule has 3 aromatic rings. The Kier molecular flexibility index (Phi) is 6.71. The van der Waals surface area contributed by atoms with Gasteiger partial charge in [0.2, 0.25) is 5.91 Å². The average Bonchev–Trinajstić information content (AvgIpc) is 2.71. The Bertz CT molecular complexity index is 1100. The van der Waals surface area contributed by atoms with E-state index in [1.165, 1.54) is 12.1 Å². The second-order valence-electron chi connectivity index (χ2n) is 6.57. The van der Waals surface area contributed by atoms with E-state index in [1.54, 1.807) is 42.5 Å². The third kappa shape index (κ3) is 5.46. The van der Waals surface area contributed by atoms with E-state index < -0.39 is 10.0 Å². The van der Waals surface area contributed by atoms with E-state index >= 15 is 0 Å². The van der Waals surface area contributed by atoms with Crippen molar-refractivity contribution in [3.63, 3.8) is 0 Å². The molecule has 0 saturated heterocycles. The van der Waals surface area contributed by atoms with Crippen LogP contribution in [-0.2, 0) is 21.4 Å². The summed E-state index contributed by atoms with van der Waals surface area (Å²) in [5, 5.41) is 2.81. The Hall–Kier alpha value is -2.64. The summed E-state index contributed by atoms with van der Waals surface area (Å²) in [5.41, 5.74) is 2.46. The summed E-state index contributed by atoms with van der Waals surface area (Å²) >= 11 is 3.37. The highest BCUT2D eigenvalue weighted by molar-refractivity contribution is 9.10. The van der Waals surface area contributed by atoms with E-state index in [4.69, 9.17) is 0 Å². The quantitative estimate of drug-likeness (QED) is 0.558. The highest BCUT2D eigenvalue weighted by Gasteiger charge is 2.27. The van der Waals surface area contributed by atoms with Gasteiger partial charge in [-0.1, -0.05) is 70.0 Å². The molecule has 0 saturated carbocycles. The molecule has 0 spiro atoms. The number of halogens is 1. The van der Waals surface area contributed by atoms with Crippen LogP contribution in [-0.4, -0.2) is 20.9 Å². The number of hydrogen-bond acceptors (Lipinski definition) is 3. The zero-order chi connectivity index (χ0) is 20.9. The van der Waals surface area contributed by atoms with E-state index in [-0.39, 0.29) is 17.3 Å². The minimum atomic E-state index is -3.90. The maximum atomic E-state index is 13.2. The van der Waals surface area contributed by atoms with Gasteiger partial charge in [-0.3, -0.25) is 9.10 Å². The fourth-order valence-electron chi connectivity index (χ4n) is 2.88. The Morgan fingerprint density at radius 3 is 2.38 bits per heavy atom. The van der Waals surface area contributed by atoms with Crippen molar-refractivity contribution in [1.29, 1.82) is 0 Å². The van der Waals surface area contributed by atoms with Crippen molar-refractivity contribution in [2.24, 2.45) is 0 Å². The van der Waals surface area contributed by atoms with Crippen LogP contribution in [0.15, 0.2) is 88.2 Å². The summed E-state index contributed by atoms with van der Waals surface area (Å²) in [6, 6.07) is 22.8. The molecular formula is C22H21BrN2O3S. The van der Waals surface area contributed by atoms with Crippen molar-refractivity contribution in [2.75, 3.05) is 10.8 Å². The van der Waals surface area contributed by atoms with Crippen molar-refractivity contribution in [1.82, 2.24) is 5.32 Å². The zero-order valence-corrected chi connectivity index (χ0v) is 18.3. The molecule has 7 heteroatoms. The first-order valence-corrected chi connectivity index (χ1v) is 11.3. The van der Waals surface area contributed by atoms with Gasteiger partial charge in [-0.25, -0.2) is 8.42 Å². The number of hydrogen-bond donors (Lipinski definition) is 1. The highest BCUT2D eigenvalue weighted by Crippen LogP contribution is 2.26. The Labute approximate surface area is 179 Å². The van der Waals surface area contributed by atoms with Crippen LogP contribution in [0.4, 0.5) is 5.69 Å². The van der Waals surface area contributed by atoms with Crippen LogP contribution < -0.4 is 9.62 Å². The second kappa shape index (κ2) is 9.24. The van der Waals surface area contributed by atoms with Crippen LogP contribution in [0.25, 0.3) is 0 Å². The topological polar surface area (TPSA) is 66.5 Å². The lowest BCUT2D eigenvalue weighted by Gasteiger charge is -2.24. The van der Waals surface area contributed by atoms with Crippen LogP contribution in [0.5, 0.6) is 0 Å². The lowest BCUT2D eigenvalue weighted by molar-refractivity contribution is -0.119. The number of sulfonamides is 1. The predicted molar refractivity (Wildman–Crippen MR) is 118 cm³/mol. The number of aryl methyl sites for hydroxylation is 1. The summed E-state index contributed by atoms with van der Waals surface area (Å²) in [5.74, 6) is -0.383. The molecule has 0 fully saturated rings. The fraction of sp³-hybridized carbons (Fsp3) is 0.136. The molecule has 0 aliphatic carbocycles. The zero-order valence-electron chi connectivity index (χ0n) is 15.9. The largest absolute Gasteiger partial charge is 0.350 e. The molecule has 3 aromatic carbocycles. The molecule has 150 valence electrons. The molecule has 0 aliphatic rings. The molecule has 0 radical (unpaired) electrons. The molecule has 29 heavy (non-hydrogen) atoms. The van der Waals surface area contributed by atoms with E-state index in [0.29, 0.717) is 12.2 Å². The van der Waals surface area contributed by atoms with Gasteiger partial charge in [-0.05, 0) is 42.8 Å². The third-order valence-electron chi connectivity index (χ3n) is 4.29. The molecular weight excluding hydrogens is 452 g/mol. The standard InChI is InChI=1S/C22H21BrN2O3S/c1-17-7-5-8-18(13-17)15-24-22(26)16-25(20-10-6-9-19(23)14-20)29(27,28)21-11-3-2-4-12-21/h2-14H,15-16H2,1H3,(H,24,26). The van der Waals surface area contributed by atoms with Crippen molar-refractivity contribution >= 4 is 37.5 Å². The summed E-state index contributed by atoms with van der Waals surface area (Å²) in [4.78, 5) is 12.7. The number of carbonyl (C=O) groups is 1. The van der Waals surface area contributed by atoms with Gasteiger partial charge in [0, 0.05) is 11.0 Å². The van der Waals surface area contributed by atoms with Crippen molar-refractivity contribution in [3.8, 4) is 0 Å². The molecule has 1 amide bonds. The number of amides is 1. The van der Waals surface area contributed by atoms with Gasteiger partial charge >= 0.3 is 0 Å². The molecule has 0 heterocycles. The highest BCUT2D eigenvalue weighted by atomic mass is 79.9. The van der Waals surface area contributed by atoms with Gasteiger partial charge in [0.05, 0.1) is 10.6 Å². The van der Waals surface area contributed by atoms with E-state index in [2.05, 4.69) is 21.2 Å². The van der Waals surface area contributed by atoms with Crippen LogP contribution in [0.3, 0.4) is 0 Å². The van der Waals surface area contributed by atoms with Crippen LogP contribution in [0.1, 0.15) is 11.1 Å². The number of anilines is 1. The molecule has 5 nitrogen and oxygen atoms in total. The third-order valence-corrected chi connectivity index (χ3v) is 6.57. The predicted octanol–water partition coefficient (Wildman–Crippen LogP) is 4.27. The summed E-state index contributed by atoms with van der Waals surface area (Å²) in [7, 11) is -3.90. The van der Waals surface area contributed by atoms with Gasteiger partial charge < -0.3 is 5.32 Å². The number of nitrogens with zero attached hydrogens (tertiary/aromatic N) is 1. The first-order chi connectivity index (χ1) is 13.9. The SMILES string of the molecule is Cc1cccc(CNC(=O)CN(c2cccc(Br)c2)S(=O)(=O)c2ccccc2)c1. The number of benzene rings is 3. The number of rotatable bonds is 7. The Morgan fingerprint density at radius 1 is 0.966 bits per heavy atom. The smallest absolute Gasteiger partial charge is 0.264 e. The summed E-state index contributed by atoms with van der Waals surface area (Å²) < 4.78 is 28.3. The second-order valence-corrected chi connectivity index (χ2v) is 9.35. The fourth-order valence-corrected chi connectivity index (χ4v) is 4.70. The molecule has 0 aliphatic heterocycles. The number of nitrogens with one attached hydrogen (secondary N) is 1. The van der Waals surface area contributed by atoms with Gasteiger partial charge in [0.25, 0.3) is 10.0 Å². The molecule has 0 bridgehead atoms. The monoisotopic (exact) mass is 472 g/mol. The van der Waals surface area contributed by atoms with Crippen molar-refractivity contribution in [2.45, 2.75) is 18.4 Å². The maximum Gasteiger partial charge on any atom is 0.264 e. The maximum absolute atomic E-state index is 13.2. The lowest BCUT2D eigenvalue weighted by atomic mass is 10.1. The summed E-state index contributed by atoms with van der Waals surface area (Å²) in [6.45, 7) is 1.99. The Balaban J connectivity index is 1.84. The number of carbonyl (C=O) groups excluding carboxylic acids is 1. The van der Waals surface area contributed by atoms with Crippen LogP contribution in [0, 0.1) is 6.92 Å². The first-order valence-electron chi connectivity index (χ1n) is 9.02. The lowest BCUT2D eigenvalue weighted by Crippen LogP contribution is -2.40. The minimum absolute atomic E-state index is 0.131. The van der Waals surface area contributed by atoms with Crippen molar-refractivity contribution < 1.29 is 13.2 Å². The van der Waals surface area contributed by atoms with E-state index in [1.807, 2.05) is 31.2 Å². The molecule has 0 aromatic heterocycles. The Morgan fingerprint density at radius 2 is 1.69 bits per heavy atom. The van der Waals surface area contributed by atoms with Gasteiger partial charge in [0.1, 0.15) is 6.54 Å². The average molecular weight is 473 g/mol. The molecule has 0 unspecified atom stereocenters. The minimum Gasteiger partial charge on any atom is -0.350 e. The van der Waals surface area contributed by atoms with Crippen LogP contribution in [0.2, 0.25) is 0 Å². The van der Waals surface area contributed by atoms with E-state index in [0.717, 1.165) is 19.9 Å². The van der Waals surface area contributed by atoms with Gasteiger partial charge in [-0.15, -0.1) is 0 Å². The normalized spacial score (nSPS) is 11.1. The van der Waals surface area contributed by atoms with E-state index in [9.17, 15) is 13.2 Å². The first kappa shape index (κ1) is 21.1. The van der Waals surface area contributed by atoms with Crippen molar-refractivity contribution in [3.05, 3.63) is 94.5 Å². The molecule has 1 N–H and O–H groups in total. The molecule has 3 rings (SSSR count). The summed E-state index contributed by atoms with van der Waals surface area (Å²) in [6.07, 6.45) is 0.